The molecule has 1 aromatic rings. The molecule has 15 heavy (non-hydrogen) atoms. The third kappa shape index (κ3) is 2.96. The fraction of sp³-hybridized carbons (Fsp3) is 0.167. The molecule has 0 N–H and O–H groups in total. The molecule has 0 spiro atoms. The van der Waals surface area contributed by atoms with Crippen LogP contribution in [0.15, 0.2) is 49.8 Å². The highest BCUT2D eigenvalue weighted by Crippen LogP contribution is 2.10. The smallest absolute Gasteiger partial charge is 0.364 e. The Labute approximate surface area is 90.2 Å². The fourth-order valence-electron chi connectivity index (χ4n) is 1.29. The van der Waals surface area contributed by atoms with E-state index in [1.54, 1.807) is 12.4 Å². The van der Waals surface area contributed by atoms with Crippen LogP contribution in [-0.2, 0) is 0 Å². The third-order valence-corrected chi connectivity index (χ3v) is 1.99. The van der Waals surface area contributed by atoms with E-state index in [2.05, 4.69) is 18.1 Å². The molecule has 76 valence electrons. The lowest BCUT2D eigenvalue weighted by atomic mass is 10.3. The van der Waals surface area contributed by atoms with Crippen molar-refractivity contribution in [3.8, 4) is 6.19 Å². The predicted molar refractivity (Wildman–Crippen MR) is 60.3 cm³/mol. The van der Waals surface area contributed by atoms with Crippen LogP contribution in [0.5, 0.6) is 0 Å². The molecule has 0 aromatic carbocycles. The first kappa shape index (κ1) is 11.0. The van der Waals surface area contributed by atoms with E-state index in [1.807, 2.05) is 30.5 Å². The normalized spacial score (nSPS) is 9.00. The van der Waals surface area contributed by atoms with Crippen LogP contribution in [0.1, 0.15) is 0 Å². The van der Waals surface area contributed by atoms with E-state index in [0.717, 1.165) is 18.8 Å². The van der Waals surface area contributed by atoms with E-state index < -0.39 is 0 Å². The van der Waals surface area contributed by atoms with Crippen LogP contribution in [0.4, 0.5) is 5.69 Å². The molecule has 0 saturated heterocycles. The summed E-state index contributed by atoms with van der Waals surface area (Å²) in [7, 11) is 0. The van der Waals surface area contributed by atoms with Gasteiger partial charge in [0.1, 0.15) is 12.4 Å². The summed E-state index contributed by atoms with van der Waals surface area (Å²) in [6, 6.07) is 3.80. The predicted octanol–water partition coefficient (Wildman–Crippen LogP) is 1.48. The SMILES string of the molecule is C=CCN(CC=C)c1cc[n+](C#N)cc1. The fourth-order valence-corrected chi connectivity index (χ4v) is 1.29. The van der Waals surface area contributed by atoms with Gasteiger partial charge in [-0.2, -0.15) is 0 Å². The summed E-state index contributed by atoms with van der Waals surface area (Å²) in [4.78, 5) is 2.11. The molecule has 0 aliphatic carbocycles. The first-order valence-electron chi connectivity index (χ1n) is 4.70. The number of nitrogens with zero attached hydrogens (tertiary/aromatic N) is 3. The van der Waals surface area contributed by atoms with Gasteiger partial charge in [0, 0.05) is 30.9 Å². The monoisotopic (exact) mass is 200 g/mol. The molecule has 1 heterocycles. The molecule has 0 fully saturated rings. The molecule has 0 radical (unpaired) electrons. The molecule has 0 atom stereocenters. The highest BCUT2D eigenvalue weighted by molar-refractivity contribution is 5.45. The van der Waals surface area contributed by atoms with Crippen molar-refractivity contribution in [1.29, 1.82) is 5.26 Å². The Morgan fingerprint density at radius 2 is 1.80 bits per heavy atom. The number of anilines is 1. The number of rotatable bonds is 5. The highest BCUT2D eigenvalue weighted by Gasteiger charge is 2.03. The summed E-state index contributed by atoms with van der Waals surface area (Å²) < 4.78 is 1.45. The van der Waals surface area contributed by atoms with Gasteiger partial charge in [-0.15, -0.1) is 17.7 Å². The zero-order valence-electron chi connectivity index (χ0n) is 8.63. The average Bonchev–Trinajstić information content (AvgIpc) is 2.29. The Morgan fingerprint density at radius 1 is 1.27 bits per heavy atom. The molecule has 0 amide bonds. The zero-order chi connectivity index (χ0) is 11.1. The maximum Gasteiger partial charge on any atom is 0.463 e. The molecule has 3 heteroatoms. The highest BCUT2D eigenvalue weighted by atomic mass is 15.1. The van der Waals surface area contributed by atoms with E-state index in [0.29, 0.717) is 0 Å². The lowest BCUT2D eigenvalue weighted by Crippen LogP contribution is -2.28. The molecular formula is C12H14N3+. The van der Waals surface area contributed by atoms with Crippen molar-refractivity contribution in [3.05, 3.63) is 49.8 Å². The number of hydrogen-bond donors (Lipinski definition) is 0. The third-order valence-electron chi connectivity index (χ3n) is 1.99. The van der Waals surface area contributed by atoms with Gasteiger partial charge in [0.2, 0.25) is 0 Å². The first-order chi connectivity index (χ1) is 7.31. The van der Waals surface area contributed by atoms with Crippen molar-refractivity contribution < 1.29 is 4.57 Å². The average molecular weight is 200 g/mol. The Hall–Kier alpha value is -2.08. The summed E-state index contributed by atoms with van der Waals surface area (Å²) >= 11 is 0. The molecule has 0 aliphatic rings. The van der Waals surface area contributed by atoms with Crippen LogP contribution >= 0.6 is 0 Å². The second-order valence-electron chi connectivity index (χ2n) is 3.05. The molecular weight excluding hydrogens is 186 g/mol. The van der Waals surface area contributed by atoms with Crippen molar-refractivity contribution in [2.75, 3.05) is 18.0 Å². The van der Waals surface area contributed by atoms with Gasteiger partial charge in [0.25, 0.3) is 0 Å². The lowest BCUT2D eigenvalue weighted by Gasteiger charge is -2.20. The Bertz CT molecular complexity index is 363. The van der Waals surface area contributed by atoms with Gasteiger partial charge in [0.05, 0.1) is 0 Å². The van der Waals surface area contributed by atoms with Crippen LogP contribution in [0.25, 0.3) is 0 Å². The van der Waals surface area contributed by atoms with Gasteiger partial charge >= 0.3 is 6.19 Å². The van der Waals surface area contributed by atoms with Crippen LogP contribution in [0, 0.1) is 11.5 Å². The Morgan fingerprint density at radius 3 is 2.20 bits per heavy atom. The second-order valence-corrected chi connectivity index (χ2v) is 3.05. The van der Waals surface area contributed by atoms with E-state index in [9.17, 15) is 0 Å². The summed E-state index contributed by atoms with van der Waals surface area (Å²) in [6.07, 6.45) is 9.16. The quantitative estimate of drug-likeness (QED) is 0.532. The summed E-state index contributed by atoms with van der Waals surface area (Å²) in [5.74, 6) is 0. The van der Waals surface area contributed by atoms with Gasteiger partial charge < -0.3 is 4.90 Å². The minimum Gasteiger partial charge on any atom is -0.364 e. The number of nitriles is 1. The van der Waals surface area contributed by atoms with Gasteiger partial charge in [-0.3, -0.25) is 0 Å². The van der Waals surface area contributed by atoms with Crippen LogP contribution in [0.2, 0.25) is 0 Å². The van der Waals surface area contributed by atoms with Gasteiger partial charge in [0.15, 0.2) is 5.26 Å². The largest absolute Gasteiger partial charge is 0.463 e. The van der Waals surface area contributed by atoms with Crippen LogP contribution in [0.3, 0.4) is 0 Å². The van der Waals surface area contributed by atoms with E-state index in [1.165, 1.54) is 4.57 Å². The minimum absolute atomic E-state index is 0.766. The zero-order valence-corrected chi connectivity index (χ0v) is 8.63. The summed E-state index contributed by atoms with van der Waals surface area (Å²) in [5.41, 5.74) is 1.06. The van der Waals surface area contributed by atoms with E-state index >= 15 is 0 Å². The van der Waals surface area contributed by atoms with Gasteiger partial charge in [-0.25, -0.2) is 0 Å². The number of hydrogen-bond acceptors (Lipinski definition) is 2. The summed E-state index contributed by atoms with van der Waals surface area (Å²) in [6.45, 7) is 8.95. The lowest BCUT2D eigenvalue weighted by molar-refractivity contribution is -0.586. The number of pyridine rings is 1. The molecule has 0 unspecified atom stereocenters. The number of aromatic nitrogens is 1. The van der Waals surface area contributed by atoms with Crippen molar-refractivity contribution >= 4 is 5.69 Å². The van der Waals surface area contributed by atoms with E-state index in [-0.39, 0.29) is 0 Å². The van der Waals surface area contributed by atoms with Crippen LogP contribution in [-0.4, -0.2) is 13.1 Å². The summed E-state index contributed by atoms with van der Waals surface area (Å²) in [5, 5.41) is 8.64. The van der Waals surface area contributed by atoms with Crippen LogP contribution < -0.4 is 9.47 Å². The minimum atomic E-state index is 0.766. The van der Waals surface area contributed by atoms with Crippen molar-refractivity contribution in [1.82, 2.24) is 0 Å². The molecule has 0 bridgehead atoms. The van der Waals surface area contributed by atoms with Crippen molar-refractivity contribution in [3.63, 3.8) is 0 Å². The molecule has 1 aromatic heterocycles. The Kier molecular flexibility index (Phi) is 4.11. The van der Waals surface area contributed by atoms with E-state index in [4.69, 9.17) is 5.26 Å². The topological polar surface area (TPSA) is 30.9 Å². The van der Waals surface area contributed by atoms with Gasteiger partial charge in [-0.05, 0) is 0 Å². The first-order valence-corrected chi connectivity index (χ1v) is 4.70. The maximum absolute atomic E-state index is 8.64. The van der Waals surface area contributed by atoms with Crippen molar-refractivity contribution in [2.45, 2.75) is 0 Å². The van der Waals surface area contributed by atoms with Crippen molar-refractivity contribution in [2.24, 2.45) is 0 Å². The molecule has 0 aliphatic heterocycles. The Balaban J connectivity index is 2.86. The molecule has 3 nitrogen and oxygen atoms in total. The molecule has 0 saturated carbocycles. The standard InChI is InChI=1S/C12H14N3/c1-3-7-15(8-4-2)12-5-9-14(11-13)10-6-12/h3-6,9-10H,1-2,7-8H2/q+1. The maximum atomic E-state index is 8.64. The molecule has 1 rings (SSSR count). The second kappa shape index (κ2) is 5.61. The van der Waals surface area contributed by atoms with Gasteiger partial charge in [-0.1, -0.05) is 12.2 Å².